The first-order valence-corrected chi connectivity index (χ1v) is 8.46. The summed E-state index contributed by atoms with van der Waals surface area (Å²) in [7, 11) is 0. The van der Waals surface area contributed by atoms with Crippen LogP contribution in [0.25, 0.3) is 0 Å². The molecular formula is C19H22ClN3O2. The molecule has 2 aromatic rings. The van der Waals surface area contributed by atoms with Crippen molar-refractivity contribution in [3.8, 4) is 0 Å². The Bertz CT molecular complexity index is 720. The number of imide groups is 1. The summed E-state index contributed by atoms with van der Waals surface area (Å²) < 4.78 is 0. The number of nitrogens with one attached hydrogen (secondary N) is 2. The Balaban J connectivity index is 1.90. The minimum atomic E-state index is -0.539. The van der Waals surface area contributed by atoms with Gasteiger partial charge in [-0.3, -0.25) is 15.0 Å². The fourth-order valence-corrected chi connectivity index (χ4v) is 2.54. The minimum absolute atomic E-state index is 0.117. The number of carbonyl (C=O) groups excluding carboxylic acids is 2. The zero-order chi connectivity index (χ0) is 18.2. The lowest BCUT2D eigenvalue weighted by atomic mass is 10.2. The lowest BCUT2D eigenvalue weighted by Crippen LogP contribution is -2.43. The van der Waals surface area contributed by atoms with E-state index in [1.165, 1.54) is 0 Å². The van der Waals surface area contributed by atoms with E-state index in [9.17, 15) is 9.59 Å². The Hall–Kier alpha value is -2.37. The Morgan fingerprint density at radius 3 is 2.44 bits per heavy atom. The molecule has 0 unspecified atom stereocenters. The van der Waals surface area contributed by atoms with Gasteiger partial charge in [-0.05, 0) is 43.7 Å². The molecule has 2 aromatic carbocycles. The van der Waals surface area contributed by atoms with Crippen molar-refractivity contribution in [3.05, 3.63) is 65.2 Å². The van der Waals surface area contributed by atoms with Crippen LogP contribution in [0.15, 0.2) is 54.6 Å². The number of hydrogen-bond acceptors (Lipinski definition) is 3. The molecule has 0 heterocycles. The second-order valence-electron chi connectivity index (χ2n) is 6.00. The van der Waals surface area contributed by atoms with Crippen LogP contribution in [0.2, 0.25) is 5.02 Å². The van der Waals surface area contributed by atoms with Gasteiger partial charge in [-0.15, -0.1) is 0 Å². The zero-order valence-corrected chi connectivity index (χ0v) is 15.1. The Morgan fingerprint density at radius 1 is 1.08 bits per heavy atom. The molecule has 0 atom stereocenters. The van der Waals surface area contributed by atoms with Gasteiger partial charge >= 0.3 is 6.03 Å². The summed E-state index contributed by atoms with van der Waals surface area (Å²) in [5, 5.41) is 5.64. The molecule has 25 heavy (non-hydrogen) atoms. The van der Waals surface area contributed by atoms with Crippen LogP contribution in [0, 0.1) is 0 Å². The smallest absolute Gasteiger partial charge is 0.308 e. The van der Waals surface area contributed by atoms with Gasteiger partial charge in [0.2, 0.25) is 5.91 Å². The Labute approximate surface area is 153 Å². The predicted octanol–water partition coefficient (Wildman–Crippen LogP) is 3.90. The molecule has 0 saturated heterocycles. The van der Waals surface area contributed by atoms with Crippen molar-refractivity contribution in [1.29, 1.82) is 0 Å². The average molecular weight is 360 g/mol. The Morgan fingerprint density at radius 2 is 1.80 bits per heavy atom. The van der Waals surface area contributed by atoms with Gasteiger partial charge in [0.05, 0.1) is 6.54 Å². The lowest BCUT2D eigenvalue weighted by molar-refractivity contribution is -0.121. The van der Waals surface area contributed by atoms with Crippen molar-refractivity contribution in [2.24, 2.45) is 0 Å². The van der Waals surface area contributed by atoms with Crippen molar-refractivity contribution in [2.45, 2.75) is 26.4 Å². The first kappa shape index (κ1) is 19.0. The fourth-order valence-electron chi connectivity index (χ4n) is 2.33. The van der Waals surface area contributed by atoms with Gasteiger partial charge in [0, 0.05) is 23.3 Å². The monoisotopic (exact) mass is 359 g/mol. The SMILES string of the molecule is CC(C)N(CC(=O)NC(=O)Nc1ccccc1)Cc1cccc(Cl)c1. The van der Waals surface area contributed by atoms with Crippen molar-refractivity contribution < 1.29 is 9.59 Å². The number of rotatable bonds is 6. The number of hydrogen-bond donors (Lipinski definition) is 2. The third kappa shape index (κ3) is 6.57. The summed E-state index contributed by atoms with van der Waals surface area (Å²) in [5.41, 5.74) is 1.65. The van der Waals surface area contributed by atoms with E-state index in [-0.39, 0.29) is 18.5 Å². The summed E-state index contributed by atoms with van der Waals surface area (Å²) in [6.07, 6.45) is 0. The number of urea groups is 1. The summed E-state index contributed by atoms with van der Waals surface area (Å²) in [5.74, 6) is -0.357. The van der Waals surface area contributed by atoms with Gasteiger partial charge in [0.1, 0.15) is 0 Å². The van der Waals surface area contributed by atoms with E-state index < -0.39 is 6.03 Å². The normalized spacial score (nSPS) is 10.8. The van der Waals surface area contributed by atoms with Crippen LogP contribution < -0.4 is 10.6 Å². The second kappa shape index (κ2) is 9.20. The molecule has 0 bridgehead atoms. The first-order chi connectivity index (χ1) is 11.9. The van der Waals surface area contributed by atoms with Gasteiger partial charge in [-0.2, -0.15) is 0 Å². The number of anilines is 1. The molecule has 0 saturated carbocycles. The highest BCUT2D eigenvalue weighted by molar-refractivity contribution is 6.30. The zero-order valence-electron chi connectivity index (χ0n) is 14.3. The molecule has 0 aliphatic heterocycles. The number of halogens is 1. The van der Waals surface area contributed by atoms with Gasteiger partial charge in [-0.25, -0.2) is 4.79 Å². The number of amides is 3. The predicted molar refractivity (Wildman–Crippen MR) is 101 cm³/mol. The van der Waals surface area contributed by atoms with Gasteiger partial charge < -0.3 is 5.32 Å². The molecule has 0 aromatic heterocycles. The quantitative estimate of drug-likeness (QED) is 0.822. The van der Waals surface area contributed by atoms with Crippen LogP contribution in [-0.4, -0.2) is 29.4 Å². The van der Waals surface area contributed by atoms with Crippen molar-refractivity contribution >= 4 is 29.2 Å². The summed E-state index contributed by atoms with van der Waals surface area (Å²) in [6.45, 7) is 4.70. The van der Waals surface area contributed by atoms with Crippen LogP contribution in [0.4, 0.5) is 10.5 Å². The van der Waals surface area contributed by atoms with Gasteiger partial charge in [-0.1, -0.05) is 41.9 Å². The molecule has 0 radical (unpaired) electrons. The molecule has 0 aliphatic rings. The number of carbonyl (C=O) groups is 2. The molecule has 0 aliphatic carbocycles. The number of benzene rings is 2. The number of para-hydroxylation sites is 1. The molecular weight excluding hydrogens is 338 g/mol. The van der Waals surface area contributed by atoms with Crippen LogP contribution in [0.5, 0.6) is 0 Å². The molecule has 3 amide bonds. The highest BCUT2D eigenvalue weighted by Gasteiger charge is 2.16. The largest absolute Gasteiger partial charge is 0.325 e. The standard InChI is InChI=1S/C19H22ClN3O2/c1-14(2)23(12-15-7-6-8-16(20)11-15)13-18(24)22-19(25)21-17-9-4-3-5-10-17/h3-11,14H,12-13H2,1-2H3,(H2,21,22,24,25). The van der Waals surface area contributed by atoms with Gasteiger partial charge in [0.25, 0.3) is 0 Å². The molecule has 132 valence electrons. The maximum atomic E-state index is 12.2. The summed E-state index contributed by atoms with van der Waals surface area (Å²) in [4.78, 5) is 26.0. The number of nitrogens with zero attached hydrogens (tertiary/aromatic N) is 1. The van der Waals surface area contributed by atoms with E-state index in [0.29, 0.717) is 17.3 Å². The first-order valence-electron chi connectivity index (χ1n) is 8.08. The molecule has 2 rings (SSSR count). The van der Waals surface area contributed by atoms with Crippen LogP contribution >= 0.6 is 11.6 Å². The highest BCUT2D eigenvalue weighted by atomic mass is 35.5. The van der Waals surface area contributed by atoms with Crippen LogP contribution in [0.1, 0.15) is 19.4 Å². The van der Waals surface area contributed by atoms with Crippen molar-refractivity contribution in [1.82, 2.24) is 10.2 Å². The highest BCUT2D eigenvalue weighted by Crippen LogP contribution is 2.14. The fraction of sp³-hybridized carbons (Fsp3) is 0.263. The maximum absolute atomic E-state index is 12.2. The van der Waals surface area contributed by atoms with E-state index in [4.69, 9.17) is 11.6 Å². The average Bonchev–Trinajstić information content (AvgIpc) is 2.55. The minimum Gasteiger partial charge on any atom is -0.308 e. The lowest BCUT2D eigenvalue weighted by Gasteiger charge is -2.25. The molecule has 5 nitrogen and oxygen atoms in total. The maximum Gasteiger partial charge on any atom is 0.325 e. The molecule has 0 spiro atoms. The van der Waals surface area contributed by atoms with E-state index in [0.717, 1.165) is 5.56 Å². The second-order valence-corrected chi connectivity index (χ2v) is 6.43. The van der Waals surface area contributed by atoms with Crippen molar-refractivity contribution in [2.75, 3.05) is 11.9 Å². The molecule has 2 N–H and O–H groups in total. The van der Waals surface area contributed by atoms with Crippen LogP contribution in [0.3, 0.4) is 0 Å². The topological polar surface area (TPSA) is 61.4 Å². The van der Waals surface area contributed by atoms with Crippen molar-refractivity contribution in [3.63, 3.8) is 0 Å². The van der Waals surface area contributed by atoms with E-state index in [1.54, 1.807) is 12.1 Å². The summed E-state index contributed by atoms with van der Waals surface area (Å²) in [6, 6.07) is 16.1. The molecule has 0 fully saturated rings. The van der Waals surface area contributed by atoms with Gasteiger partial charge in [0.15, 0.2) is 0 Å². The summed E-state index contributed by atoms with van der Waals surface area (Å²) >= 11 is 6.01. The van der Waals surface area contributed by atoms with E-state index in [2.05, 4.69) is 10.6 Å². The van der Waals surface area contributed by atoms with E-state index >= 15 is 0 Å². The molecule has 6 heteroatoms. The van der Waals surface area contributed by atoms with E-state index in [1.807, 2.05) is 61.2 Å². The Kier molecular flexibility index (Phi) is 6.98. The third-order valence-corrected chi connectivity index (χ3v) is 3.87. The van der Waals surface area contributed by atoms with Crippen LogP contribution in [-0.2, 0) is 11.3 Å². The third-order valence-electron chi connectivity index (χ3n) is 3.64.